The highest BCUT2D eigenvalue weighted by atomic mass is 16.5. The van der Waals surface area contributed by atoms with Crippen molar-refractivity contribution >= 4 is 5.97 Å². The first-order chi connectivity index (χ1) is 8.83. The quantitative estimate of drug-likeness (QED) is 0.472. The highest BCUT2D eigenvalue weighted by molar-refractivity contribution is 5.69. The highest BCUT2D eigenvalue weighted by Gasteiger charge is 2.15. The van der Waals surface area contributed by atoms with Crippen LogP contribution in [0, 0.1) is 0 Å². The Morgan fingerprint density at radius 2 is 1.56 bits per heavy atom. The summed E-state index contributed by atoms with van der Waals surface area (Å²) in [5.41, 5.74) is 0. The number of rotatable bonds is 7. The summed E-state index contributed by atoms with van der Waals surface area (Å²) < 4.78 is 5.59. The molecule has 18 heavy (non-hydrogen) atoms. The minimum Gasteiger partial charge on any atom is -0.462 e. The maximum atomic E-state index is 11.7. The Bertz CT molecular complexity index is 205. The molecule has 0 aromatic heterocycles. The molecule has 1 saturated carbocycles. The van der Waals surface area contributed by atoms with Crippen LogP contribution >= 0.6 is 0 Å². The van der Waals surface area contributed by atoms with Crippen molar-refractivity contribution in [3.8, 4) is 0 Å². The fourth-order valence-electron chi connectivity index (χ4n) is 2.65. The topological polar surface area (TPSA) is 26.3 Å². The van der Waals surface area contributed by atoms with E-state index < -0.39 is 0 Å². The second-order valence-electron chi connectivity index (χ2n) is 5.62. The first-order valence-electron chi connectivity index (χ1n) is 8.02. The van der Waals surface area contributed by atoms with Gasteiger partial charge in [-0.1, -0.05) is 51.9 Å². The van der Waals surface area contributed by atoms with Crippen LogP contribution in [0.4, 0.5) is 0 Å². The van der Waals surface area contributed by atoms with Gasteiger partial charge in [-0.15, -0.1) is 0 Å². The molecular formula is C16H30O2. The van der Waals surface area contributed by atoms with Gasteiger partial charge in [0.2, 0.25) is 0 Å². The summed E-state index contributed by atoms with van der Waals surface area (Å²) in [6.45, 7) is 2.21. The predicted molar refractivity (Wildman–Crippen MR) is 75.6 cm³/mol. The minimum absolute atomic E-state index is 0.0390. The second-order valence-corrected chi connectivity index (χ2v) is 5.62. The number of hydrogen-bond donors (Lipinski definition) is 0. The van der Waals surface area contributed by atoms with Gasteiger partial charge in [0.05, 0.1) is 0 Å². The SMILES string of the molecule is CCCCCCCC(=O)OC1CCCCCCC1. The van der Waals surface area contributed by atoms with E-state index in [1.54, 1.807) is 0 Å². The molecule has 1 aliphatic rings. The van der Waals surface area contributed by atoms with E-state index in [9.17, 15) is 4.79 Å². The van der Waals surface area contributed by atoms with Gasteiger partial charge in [-0.3, -0.25) is 4.79 Å². The number of carbonyl (C=O) groups is 1. The minimum atomic E-state index is 0.0390. The van der Waals surface area contributed by atoms with Gasteiger partial charge >= 0.3 is 5.97 Å². The van der Waals surface area contributed by atoms with Gasteiger partial charge in [0.25, 0.3) is 0 Å². The van der Waals surface area contributed by atoms with Crippen LogP contribution < -0.4 is 0 Å². The zero-order valence-electron chi connectivity index (χ0n) is 12.1. The molecule has 0 N–H and O–H groups in total. The number of hydrogen-bond acceptors (Lipinski definition) is 2. The normalized spacial score (nSPS) is 18.1. The fraction of sp³-hybridized carbons (Fsp3) is 0.938. The van der Waals surface area contributed by atoms with Crippen LogP contribution in [0.25, 0.3) is 0 Å². The smallest absolute Gasteiger partial charge is 0.306 e. The third-order valence-electron chi connectivity index (χ3n) is 3.83. The van der Waals surface area contributed by atoms with Gasteiger partial charge < -0.3 is 4.74 Å². The van der Waals surface area contributed by atoms with Crippen molar-refractivity contribution in [3.63, 3.8) is 0 Å². The summed E-state index contributed by atoms with van der Waals surface area (Å²) in [5, 5.41) is 0. The van der Waals surface area contributed by atoms with Gasteiger partial charge in [0, 0.05) is 6.42 Å². The summed E-state index contributed by atoms with van der Waals surface area (Å²) >= 11 is 0. The molecule has 0 radical (unpaired) electrons. The van der Waals surface area contributed by atoms with E-state index in [2.05, 4.69) is 6.92 Å². The van der Waals surface area contributed by atoms with Gasteiger partial charge in [-0.25, -0.2) is 0 Å². The lowest BCUT2D eigenvalue weighted by Crippen LogP contribution is -2.19. The van der Waals surface area contributed by atoms with Gasteiger partial charge in [0.1, 0.15) is 6.10 Å². The maximum absolute atomic E-state index is 11.7. The summed E-state index contributed by atoms with van der Waals surface area (Å²) in [4.78, 5) is 11.7. The number of unbranched alkanes of at least 4 members (excludes halogenated alkanes) is 4. The molecule has 1 fully saturated rings. The molecule has 2 nitrogen and oxygen atoms in total. The van der Waals surface area contributed by atoms with Crippen molar-refractivity contribution in [2.75, 3.05) is 0 Å². The van der Waals surface area contributed by atoms with Gasteiger partial charge in [-0.2, -0.15) is 0 Å². The second kappa shape index (κ2) is 10.4. The van der Waals surface area contributed by atoms with Crippen molar-refractivity contribution in [1.82, 2.24) is 0 Å². The Kier molecular flexibility index (Phi) is 8.97. The molecule has 0 saturated heterocycles. The standard InChI is InChI=1S/C16H30O2/c1-2-3-4-6-11-14-16(17)18-15-12-9-7-5-8-10-13-15/h15H,2-14H2,1H3. The number of carbonyl (C=O) groups excluding carboxylic acids is 1. The summed E-state index contributed by atoms with van der Waals surface area (Å²) in [6.07, 6.45) is 15.4. The lowest BCUT2D eigenvalue weighted by molar-refractivity contribution is -0.150. The summed E-state index contributed by atoms with van der Waals surface area (Å²) in [5.74, 6) is 0.0390. The lowest BCUT2D eigenvalue weighted by Gasteiger charge is -2.20. The molecule has 0 bridgehead atoms. The van der Waals surface area contributed by atoms with Crippen molar-refractivity contribution in [1.29, 1.82) is 0 Å². The first-order valence-corrected chi connectivity index (χ1v) is 8.02. The Morgan fingerprint density at radius 3 is 2.22 bits per heavy atom. The third kappa shape index (κ3) is 7.73. The van der Waals surface area contributed by atoms with E-state index >= 15 is 0 Å². The molecule has 1 aliphatic carbocycles. The van der Waals surface area contributed by atoms with Crippen molar-refractivity contribution in [2.24, 2.45) is 0 Å². The van der Waals surface area contributed by atoms with Crippen LogP contribution in [-0.4, -0.2) is 12.1 Å². The van der Waals surface area contributed by atoms with Gasteiger partial charge in [0.15, 0.2) is 0 Å². The number of esters is 1. The molecule has 0 amide bonds. The lowest BCUT2D eigenvalue weighted by atomic mass is 9.98. The van der Waals surface area contributed by atoms with E-state index in [-0.39, 0.29) is 12.1 Å². The molecular weight excluding hydrogens is 224 g/mol. The van der Waals surface area contributed by atoms with Gasteiger partial charge in [-0.05, 0) is 32.1 Å². The molecule has 0 aromatic carbocycles. The van der Waals surface area contributed by atoms with Crippen LogP contribution in [0.5, 0.6) is 0 Å². The largest absolute Gasteiger partial charge is 0.462 e. The van der Waals surface area contributed by atoms with Crippen molar-refractivity contribution in [2.45, 2.75) is 96.5 Å². The van der Waals surface area contributed by atoms with Crippen LogP contribution in [0.2, 0.25) is 0 Å². The summed E-state index contributed by atoms with van der Waals surface area (Å²) in [7, 11) is 0. The Balaban J connectivity index is 2.06. The van der Waals surface area contributed by atoms with Crippen LogP contribution in [-0.2, 0) is 9.53 Å². The zero-order valence-corrected chi connectivity index (χ0v) is 12.1. The first kappa shape index (κ1) is 15.5. The van der Waals surface area contributed by atoms with E-state index in [0.717, 1.165) is 19.3 Å². The summed E-state index contributed by atoms with van der Waals surface area (Å²) in [6, 6.07) is 0. The third-order valence-corrected chi connectivity index (χ3v) is 3.83. The monoisotopic (exact) mass is 254 g/mol. The van der Waals surface area contributed by atoms with E-state index in [0.29, 0.717) is 6.42 Å². The molecule has 106 valence electrons. The van der Waals surface area contributed by atoms with Crippen molar-refractivity contribution < 1.29 is 9.53 Å². The van der Waals surface area contributed by atoms with Crippen LogP contribution in [0.1, 0.15) is 90.4 Å². The molecule has 0 aromatic rings. The molecule has 0 heterocycles. The zero-order chi connectivity index (χ0) is 13.1. The molecule has 0 spiro atoms. The van der Waals surface area contributed by atoms with E-state index in [1.807, 2.05) is 0 Å². The van der Waals surface area contributed by atoms with Crippen LogP contribution in [0.15, 0.2) is 0 Å². The number of ether oxygens (including phenoxy) is 1. The Hall–Kier alpha value is -0.530. The van der Waals surface area contributed by atoms with E-state index in [1.165, 1.54) is 57.8 Å². The molecule has 0 atom stereocenters. The molecule has 0 aliphatic heterocycles. The molecule has 2 heteroatoms. The fourth-order valence-corrected chi connectivity index (χ4v) is 2.65. The Labute approximate surface area is 112 Å². The van der Waals surface area contributed by atoms with Crippen molar-refractivity contribution in [3.05, 3.63) is 0 Å². The Morgan fingerprint density at radius 1 is 0.944 bits per heavy atom. The maximum Gasteiger partial charge on any atom is 0.306 e. The van der Waals surface area contributed by atoms with E-state index in [4.69, 9.17) is 4.74 Å². The average Bonchev–Trinajstić information content (AvgIpc) is 2.32. The van der Waals surface area contributed by atoms with Crippen LogP contribution in [0.3, 0.4) is 0 Å². The predicted octanol–water partition coefficient (Wildman–Crippen LogP) is 5.00. The average molecular weight is 254 g/mol. The molecule has 1 rings (SSSR count). The molecule has 0 unspecified atom stereocenters. The highest BCUT2D eigenvalue weighted by Crippen LogP contribution is 2.20.